The highest BCUT2D eigenvalue weighted by Gasteiger charge is 2.60. The monoisotopic (exact) mass is 517 g/mol. The van der Waals surface area contributed by atoms with Crippen molar-refractivity contribution in [3.8, 4) is 5.75 Å². The third-order valence-electron chi connectivity index (χ3n) is 5.51. The molecule has 5 rings (SSSR count). The lowest BCUT2D eigenvalue weighted by atomic mass is 10.2. The van der Waals surface area contributed by atoms with Gasteiger partial charge in [0.2, 0.25) is 9.37 Å². The van der Waals surface area contributed by atoms with E-state index >= 15 is 0 Å². The van der Waals surface area contributed by atoms with Crippen molar-refractivity contribution in [2.45, 2.75) is 11.3 Å². The molecule has 0 radical (unpaired) electrons. The van der Waals surface area contributed by atoms with Crippen LogP contribution in [-0.4, -0.2) is 35.0 Å². The first-order valence-electron chi connectivity index (χ1n) is 11.3. The number of ether oxygens (including phenoxy) is 2. The molecule has 3 aromatic carbocycles. The standard InChI is InChI=1S/C27H23N3O4S2/c1-3-34-26(32)24-28-30(21-12-8-5-9-13-21)27(36-24)29(20-10-6-4-7-11-20)25(31)23(35-27)18-19-14-16-22(33-2)17-15-19/h4-18H,3H2,1-2H3/b23-18-/t27-/m1/s1. The second kappa shape index (κ2) is 10.1. The Labute approximate surface area is 217 Å². The number of benzene rings is 3. The van der Waals surface area contributed by atoms with E-state index in [9.17, 15) is 9.59 Å². The van der Waals surface area contributed by atoms with Gasteiger partial charge in [0.05, 0.1) is 24.3 Å². The minimum atomic E-state index is -1.10. The van der Waals surface area contributed by atoms with Crippen molar-refractivity contribution in [1.29, 1.82) is 0 Å². The summed E-state index contributed by atoms with van der Waals surface area (Å²) in [7, 11) is 1.61. The maximum Gasteiger partial charge on any atom is 0.365 e. The average molecular weight is 518 g/mol. The Morgan fingerprint density at radius 1 is 0.944 bits per heavy atom. The van der Waals surface area contributed by atoms with E-state index in [0.29, 0.717) is 10.6 Å². The fourth-order valence-corrected chi connectivity index (χ4v) is 6.76. The SMILES string of the molecule is CCOC(=O)C1=NN(c2ccccc2)[C@@]2(S1)S/C(=C\c1ccc(OC)cc1)C(=O)N2c1ccccc1. The zero-order chi connectivity index (χ0) is 25.1. The van der Waals surface area contributed by atoms with Crippen LogP contribution in [0.5, 0.6) is 5.75 Å². The van der Waals surface area contributed by atoms with Gasteiger partial charge in [-0.05, 0) is 66.7 Å². The highest BCUT2D eigenvalue weighted by molar-refractivity contribution is 8.29. The van der Waals surface area contributed by atoms with Gasteiger partial charge in [-0.2, -0.15) is 5.10 Å². The van der Waals surface area contributed by atoms with Crippen LogP contribution >= 0.6 is 23.5 Å². The van der Waals surface area contributed by atoms with Crippen LogP contribution in [0.4, 0.5) is 11.4 Å². The van der Waals surface area contributed by atoms with E-state index < -0.39 is 10.3 Å². The van der Waals surface area contributed by atoms with Crippen molar-refractivity contribution in [3.05, 3.63) is 95.4 Å². The molecule has 1 spiro atoms. The maximum absolute atomic E-state index is 14.0. The van der Waals surface area contributed by atoms with E-state index in [1.54, 1.807) is 23.9 Å². The summed E-state index contributed by atoms with van der Waals surface area (Å²) in [5.41, 5.74) is 2.30. The number of hydrogen-bond donors (Lipinski definition) is 0. The van der Waals surface area contributed by atoms with Gasteiger partial charge >= 0.3 is 5.97 Å². The number of anilines is 2. The van der Waals surface area contributed by atoms with Gasteiger partial charge in [-0.1, -0.05) is 60.3 Å². The van der Waals surface area contributed by atoms with E-state index in [1.165, 1.54) is 23.5 Å². The highest BCUT2D eigenvalue weighted by atomic mass is 32.2. The summed E-state index contributed by atoms with van der Waals surface area (Å²) in [5, 5.41) is 6.58. The number of rotatable bonds is 6. The van der Waals surface area contributed by atoms with Crippen LogP contribution in [0.2, 0.25) is 0 Å². The third-order valence-corrected chi connectivity index (χ3v) is 8.20. The molecule has 0 N–H and O–H groups in total. The molecule has 2 heterocycles. The van der Waals surface area contributed by atoms with Crippen molar-refractivity contribution in [2.75, 3.05) is 23.6 Å². The third kappa shape index (κ3) is 4.36. The van der Waals surface area contributed by atoms with Gasteiger partial charge in [0.25, 0.3) is 5.91 Å². The van der Waals surface area contributed by atoms with Crippen molar-refractivity contribution in [1.82, 2.24) is 0 Å². The second-order valence-corrected chi connectivity index (χ2v) is 10.4. The number of amides is 1. The molecule has 1 atom stereocenters. The predicted molar refractivity (Wildman–Crippen MR) is 146 cm³/mol. The number of para-hydroxylation sites is 2. The Kier molecular flexibility index (Phi) is 6.75. The van der Waals surface area contributed by atoms with Crippen LogP contribution in [0.3, 0.4) is 0 Å². The van der Waals surface area contributed by atoms with Crippen LogP contribution in [0, 0.1) is 0 Å². The van der Waals surface area contributed by atoms with Gasteiger partial charge in [0, 0.05) is 5.69 Å². The Morgan fingerprint density at radius 2 is 1.58 bits per heavy atom. The molecular formula is C27H23N3O4S2. The normalized spacial score (nSPS) is 20.2. The molecule has 1 fully saturated rings. The maximum atomic E-state index is 14.0. The molecule has 3 aromatic rings. The van der Waals surface area contributed by atoms with E-state index in [0.717, 1.165) is 17.0 Å². The Bertz CT molecular complexity index is 1330. The van der Waals surface area contributed by atoms with Gasteiger partial charge in [-0.3, -0.25) is 9.69 Å². The quantitative estimate of drug-likeness (QED) is 0.313. The summed E-state index contributed by atoms with van der Waals surface area (Å²) in [5.74, 6) is 0.0312. The molecule has 2 aliphatic rings. The van der Waals surface area contributed by atoms with Crippen LogP contribution in [0.1, 0.15) is 12.5 Å². The summed E-state index contributed by atoms with van der Waals surface area (Å²) in [4.78, 5) is 29.0. The molecule has 182 valence electrons. The molecule has 7 nitrogen and oxygen atoms in total. The molecule has 0 aliphatic carbocycles. The van der Waals surface area contributed by atoms with Gasteiger partial charge in [-0.15, -0.1) is 0 Å². The summed E-state index contributed by atoms with van der Waals surface area (Å²) >= 11 is 2.56. The first-order valence-corrected chi connectivity index (χ1v) is 12.9. The molecule has 9 heteroatoms. The van der Waals surface area contributed by atoms with Gasteiger partial charge in [0.1, 0.15) is 5.75 Å². The summed E-state index contributed by atoms with van der Waals surface area (Å²) in [6.45, 7) is 1.98. The molecule has 0 aromatic heterocycles. The molecule has 2 aliphatic heterocycles. The summed E-state index contributed by atoms with van der Waals surface area (Å²) in [6.07, 6.45) is 1.85. The molecule has 36 heavy (non-hydrogen) atoms. The number of hydrogen-bond acceptors (Lipinski definition) is 8. The van der Waals surface area contributed by atoms with E-state index in [1.807, 2.05) is 91.0 Å². The van der Waals surface area contributed by atoms with Crippen LogP contribution < -0.4 is 14.6 Å². The van der Waals surface area contributed by atoms with Crippen LogP contribution in [0.25, 0.3) is 6.08 Å². The number of thioether (sulfide) groups is 2. The van der Waals surface area contributed by atoms with Gasteiger partial charge in [-0.25, -0.2) is 9.80 Å². The second-order valence-electron chi connectivity index (χ2n) is 7.78. The number of hydrazone groups is 1. The first-order chi connectivity index (χ1) is 17.6. The van der Waals surface area contributed by atoms with E-state index in [-0.39, 0.29) is 17.6 Å². The number of nitrogens with zero attached hydrogens (tertiary/aromatic N) is 3. The first kappa shape index (κ1) is 24.0. The number of methoxy groups -OCH3 is 1. The minimum absolute atomic E-state index is 0.184. The fourth-order valence-electron chi connectivity index (χ4n) is 3.88. The van der Waals surface area contributed by atoms with Crippen molar-refractivity contribution >= 4 is 57.9 Å². The fraction of sp³-hybridized carbons (Fsp3) is 0.148. The Balaban J connectivity index is 1.64. The predicted octanol–water partition coefficient (Wildman–Crippen LogP) is 5.56. The van der Waals surface area contributed by atoms with Gasteiger partial charge in [0.15, 0.2) is 0 Å². The molecule has 0 bridgehead atoms. The molecular weight excluding hydrogens is 494 g/mol. The lowest BCUT2D eigenvalue weighted by molar-refractivity contribution is -0.134. The number of carbonyl (C=O) groups excluding carboxylic acids is 2. The topological polar surface area (TPSA) is 71.4 Å². The smallest absolute Gasteiger partial charge is 0.365 e. The lowest BCUT2D eigenvalue weighted by Crippen LogP contribution is -2.51. The summed E-state index contributed by atoms with van der Waals surface area (Å²) in [6, 6.07) is 26.4. The minimum Gasteiger partial charge on any atom is -0.497 e. The van der Waals surface area contributed by atoms with E-state index in [4.69, 9.17) is 9.47 Å². The number of esters is 1. The average Bonchev–Trinajstić information content (AvgIpc) is 3.42. The van der Waals surface area contributed by atoms with Crippen LogP contribution in [-0.2, 0) is 14.3 Å². The zero-order valence-electron chi connectivity index (χ0n) is 19.7. The van der Waals surface area contributed by atoms with E-state index in [2.05, 4.69) is 5.10 Å². The van der Waals surface area contributed by atoms with Crippen LogP contribution in [0.15, 0.2) is 94.9 Å². The highest BCUT2D eigenvalue weighted by Crippen LogP contribution is 2.59. The van der Waals surface area contributed by atoms with Gasteiger partial charge < -0.3 is 9.47 Å². The van der Waals surface area contributed by atoms with Crippen molar-refractivity contribution < 1.29 is 19.1 Å². The van der Waals surface area contributed by atoms with Crippen molar-refractivity contribution in [2.24, 2.45) is 5.10 Å². The Hall–Kier alpha value is -3.69. The molecule has 1 saturated heterocycles. The largest absolute Gasteiger partial charge is 0.497 e. The molecule has 1 amide bonds. The lowest BCUT2D eigenvalue weighted by Gasteiger charge is -2.38. The Morgan fingerprint density at radius 3 is 2.19 bits per heavy atom. The number of carbonyl (C=O) groups is 2. The molecule has 0 unspecified atom stereocenters. The van der Waals surface area contributed by atoms with Crippen molar-refractivity contribution in [3.63, 3.8) is 0 Å². The summed E-state index contributed by atoms with van der Waals surface area (Å²) < 4.78 is 9.43. The molecule has 0 saturated carbocycles. The zero-order valence-corrected chi connectivity index (χ0v) is 21.3.